The zero-order chi connectivity index (χ0) is 12.1. The van der Waals surface area contributed by atoms with E-state index >= 15 is 0 Å². The Morgan fingerprint density at radius 2 is 2.12 bits per heavy atom. The third-order valence-electron chi connectivity index (χ3n) is 2.57. The highest BCUT2D eigenvalue weighted by Gasteiger charge is 2.06. The Labute approximate surface area is 105 Å². The zero-order valence-electron chi connectivity index (χ0n) is 9.69. The molecule has 1 aromatic heterocycles. The first kappa shape index (κ1) is 12.2. The lowest BCUT2D eigenvalue weighted by molar-refractivity contribution is 0.607. The molecular weight excluding hydrogens is 235 g/mol. The van der Waals surface area contributed by atoms with E-state index in [1.165, 1.54) is 12.1 Å². The van der Waals surface area contributed by atoms with Crippen LogP contribution in [0.2, 0.25) is 0 Å². The smallest absolute Gasteiger partial charge is 0.123 e. The Morgan fingerprint density at radius 1 is 1.35 bits per heavy atom. The van der Waals surface area contributed by atoms with Crippen LogP contribution in [-0.4, -0.2) is 11.5 Å². The van der Waals surface area contributed by atoms with Gasteiger partial charge in [0.25, 0.3) is 0 Å². The number of hydrogen-bond donors (Lipinski definition) is 1. The van der Waals surface area contributed by atoms with Gasteiger partial charge in [-0.25, -0.2) is 9.37 Å². The Bertz CT molecular complexity index is 439. The normalized spacial score (nSPS) is 12.6. The lowest BCUT2D eigenvalue weighted by atomic mass is 10.2. The van der Waals surface area contributed by atoms with Crippen LogP contribution in [0.25, 0.3) is 0 Å². The molecule has 2 aromatic rings. The molecule has 1 aromatic carbocycles. The van der Waals surface area contributed by atoms with Crippen molar-refractivity contribution < 1.29 is 4.39 Å². The molecule has 0 aliphatic carbocycles. The summed E-state index contributed by atoms with van der Waals surface area (Å²) in [6.45, 7) is 3.79. The number of rotatable bonds is 5. The predicted molar refractivity (Wildman–Crippen MR) is 68.6 cm³/mol. The highest BCUT2D eigenvalue weighted by Crippen LogP contribution is 2.16. The monoisotopic (exact) mass is 250 g/mol. The molecule has 0 spiro atoms. The summed E-state index contributed by atoms with van der Waals surface area (Å²) in [5, 5.41) is 6.49. The Kier molecular flexibility index (Phi) is 4.23. The molecule has 17 heavy (non-hydrogen) atoms. The van der Waals surface area contributed by atoms with Crippen LogP contribution in [0.3, 0.4) is 0 Å². The summed E-state index contributed by atoms with van der Waals surface area (Å²) < 4.78 is 12.7. The molecule has 0 aliphatic rings. The van der Waals surface area contributed by atoms with Gasteiger partial charge >= 0.3 is 0 Å². The molecule has 0 saturated carbocycles. The van der Waals surface area contributed by atoms with Crippen LogP contribution in [-0.2, 0) is 6.54 Å². The van der Waals surface area contributed by atoms with Gasteiger partial charge in [0.2, 0.25) is 0 Å². The van der Waals surface area contributed by atoms with Gasteiger partial charge in [-0.1, -0.05) is 19.1 Å². The zero-order valence-corrected chi connectivity index (χ0v) is 10.5. The van der Waals surface area contributed by atoms with E-state index in [1.54, 1.807) is 23.5 Å². The van der Waals surface area contributed by atoms with Gasteiger partial charge in [-0.15, -0.1) is 11.3 Å². The van der Waals surface area contributed by atoms with E-state index in [9.17, 15) is 4.39 Å². The summed E-state index contributed by atoms with van der Waals surface area (Å²) in [5.41, 5.74) is 1.10. The summed E-state index contributed by atoms with van der Waals surface area (Å²) >= 11 is 1.68. The van der Waals surface area contributed by atoms with Gasteiger partial charge in [-0.05, 0) is 17.7 Å². The molecule has 1 heterocycles. The van der Waals surface area contributed by atoms with Crippen molar-refractivity contribution in [3.05, 3.63) is 52.2 Å². The average molecular weight is 250 g/mol. The van der Waals surface area contributed by atoms with Crippen LogP contribution in [0, 0.1) is 5.82 Å². The predicted octanol–water partition coefficient (Wildman–Crippen LogP) is 3.18. The van der Waals surface area contributed by atoms with Crippen LogP contribution in [0.15, 0.2) is 35.8 Å². The van der Waals surface area contributed by atoms with Gasteiger partial charge < -0.3 is 5.32 Å². The highest BCUT2D eigenvalue weighted by atomic mass is 32.1. The number of aromatic nitrogens is 1. The topological polar surface area (TPSA) is 24.9 Å². The van der Waals surface area contributed by atoms with Crippen molar-refractivity contribution in [2.75, 3.05) is 6.54 Å². The third kappa shape index (κ3) is 3.61. The van der Waals surface area contributed by atoms with E-state index in [0.717, 1.165) is 23.7 Å². The van der Waals surface area contributed by atoms with Crippen LogP contribution in [0.5, 0.6) is 0 Å². The fraction of sp³-hybridized carbons (Fsp3) is 0.308. The van der Waals surface area contributed by atoms with E-state index in [4.69, 9.17) is 0 Å². The first-order valence-corrected chi connectivity index (χ1v) is 6.48. The maximum absolute atomic E-state index is 12.7. The third-order valence-corrected chi connectivity index (χ3v) is 3.57. The molecule has 2 nitrogen and oxygen atoms in total. The second-order valence-electron chi connectivity index (χ2n) is 4.03. The van der Waals surface area contributed by atoms with Crippen molar-refractivity contribution in [3.63, 3.8) is 0 Å². The largest absolute Gasteiger partial charge is 0.312 e. The molecule has 90 valence electrons. The maximum atomic E-state index is 12.7. The Hall–Kier alpha value is -1.26. The first-order valence-electron chi connectivity index (χ1n) is 5.60. The van der Waals surface area contributed by atoms with E-state index in [1.807, 2.05) is 11.6 Å². The molecule has 1 N–H and O–H groups in total. The van der Waals surface area contributed by atoms with E-state index in [-0.39, 0.29) is 5.82 Å². The lowest BCUT2D eigenvalue weighted by Gasteiger charge is -2.09. The van der Waals surface area contributed by atoms with Crippen molar-refractivity contribution in [3.8, 4) is 0 Å². The lowest BCUT2D eigenvalue weighted by Crippen LogP contribution is -2.19. The Morgan fingerprint density at radius 3 is 2.76 bits per heavy atom. The summed E-state index contributed by atoms with van der Waals surface area (Å²) in [6.07, 6.45) is 1.83. The van der Waals surface area contributed by atoms with E-state index in [0.29, 0.717) is 5.92 Å². The van der Waals surface area contributed by atoms with Crippen LogP contribution < -0.4 is 5.32 Å². The molecule has 0 radical (unpaired) electrons. The number of benzene rings is 1. The number of thiazole rings is 1. The molecule has 0 saturated heterocycles. The van der Waals surface area contributed by atoms with Crippen molar-refractivity contribution in [2.45, 2.75) is 19.4 Å². The number of halogens is 1. The summed E-state index contributed by atoms with van der Waals surface area (Å²) in [7, 11) is 0. The molecule has 0 fully saturated rings. The number of nitrogens with one attached hydrogen (secondary N) is 1. The van der Waals surface area contributed by atoms with Crippen molar-refractivity contribution >= 4 is 11.3 Å². The molecule has 1 unspecified atom stereocenters. The second kappa shape index (κ2) is 5.89. The average Bonchev–Trinajstić information content (AvgIpc) is 2.85. The fourth-order valence-corrected chi connectivity index (χ4v) is 2.30. The number of nitrogens with zero attached hydrogens (tertiary/aromatic N) is 1. The molecule has 0 amide bonds. The molecular formula is C13H15FN2S. The van der Waals surface area contributed by atoms with Crippen LogP contribution >= 0.6 is 11.3 Å². The van der Waals surface area contributed by atoms with Gasteiger partial charge in [0.15, 0.2) is 0 Å². The van der Waals surface area contributed by atoms with Crippen molar-refractivity contribution in [1.82, 2.24) is 10.3 Å². The maximum Gasteiger partial charge on any atom is 0.123 e. The van der Waals surface area contributed by atoms with Crippen molar-refractivity contribution in [1.29, 1.82) is 0 Å². The quantitative estimate of drug-likeness (QED) is 0.881. The Balaban J connectivity index is 1.78. The molecule has 0 bridgehead atoms. The minimum Gasteiger partial charge on any atom is -0.312 e. The number of hydrogen-bond acceptors (Lipinski definition) is 3. The van der Waals surface area contributed by atoms with Gasteiger partial charge in [0.1, 0.15) is 5.82 Å². The fourth-order valence-electron chi connectivity index (χ4n) is 1.60. The summed E-state index contributed by atoms with van der Waals surface area (Å²) in [5.74, 6) is 0.223. The summed E-state index contributed by atoms with van der Waals surface area (Å²) in [4.78, 5) is 4.28. The SMILES string of the molecule is CC(CNCc1ccc(F)cc1)c1nccs1. The van der Waals surface area contributed by atoms with Gasteiger partial charge in [-0.3, -0.25) is 0 Å². The van der Waals surface area contributed by atoms with Gasteiger partial charge in [0.05, 0.1) is 5.01 Å². The van der Waals surface area contributed by atoms with Gasteiger partial charge in [-0.2, -0.15) is 0 Å². The van der Waals surface area contributed by atoms with Crippen LogP contribution in [0.1, 0.15) is 23.4 Å². The minimum atomic E-state index is -0.190. The van der Waals surface area contributed by atoms with E-state index in [2.05, 4.69) is 17.2 Å². The minimum absolute atomic E-state index is 0.190. The molecule has 2 rings (SSSR count). The summed E-state index contributed by atoms with van der Waals surface area (Å²) in [6, 6.07) is 6.58. The molecule has 1 atom stereocenters. The molecule has 4 heteroatoms. The standard InChI is InChI=1S/C13H15FN2S/c1-10(13-16-6-7-17-13)8-15-9-11-2-4-12(14)5-3-11/h2-7,10,15H,8-9H2,1H3. The second-order valence-corrected chi connectivity index (χ2v) is 4.95. The highest BCUT2D eigenvalue weighted by molar-refractivity contribution is 7.09. The van der Waals surface area contributed by atoms with E-state index < -0.39 is 0 Å². The first-order chi connectivity index (χ1) is 8.25. The van der Waals surface area contributed by atoms with Gasteiger partial charge in [0, 0.05) is 30.6 Å². The van der Waals surface area contributed by atoms with Crippen molar-refractivity contribution in [2.24, 2.45) is 0 Å². The van der Waals surface area contributed by atoms with Crippen LogP contribution in [0.4, 0.5) is 4.39 Å². The molecule has 0 aliphatic heterocycles.